The molecule has 0 atom stereocenters. The van der Waals surface area contributed by atoms with Crippen molar-refractivity contribution in [3.63, 3.8) is 0 Å². The van der Waals surface area contributed by atoms with Crippen molar-refractivity contribution in [2.75, 3.05) is 31.1 Å². The van der Waals surface area contributed by atoms with E-state index in [1.165, 1.54) is 31.3 Å². The molecule has 10 heteroatoms. The van der Waals surface area contributed by atoms with Gasteiger partial charge in [-0.3, -0.25) is 13.9 Å². The van der Waals surface area contributed by atoms with E-state index in [1.54, 1.807) is 37.3 Å². The molecule has 2 aromatic rings. The topological polar surface area (TPSA) is 119 Å². The Bertz CT molecular complexity index is 1040. The van der Waals surface area contributed by atoms with E-state index in [4.69, 9.17) is 9.47 Å². The van der Waals surface area contributed by atoms with Crippen molar-refractivity contribution in [2.45, 2.75) is 24.7 Å². The largest absolute Gasteiger partial charge is 0.466 e. The quantitative estimate of drug-likeness (QED) is 0.401. The number of carbonyl (C=O) groups is 3. The number of nitrogens with one attached hydrogen (secondary N) is 1. The van der Waals surface area contributed by atoms with Crippen LogP contribution in [-0.2, 0) is 29.1 Å². The van der Waals surface area contributed by atoms with Crippen LogP contribution < -0.4 is 9.62 Å². The molecule has 0 radical (unpaired) electrons. The number of ether oxygens (including phenoxy) is 2. The van der Waals surface area contributed by atoms with Crippen LogP contribution in [0.4, 0.5) is 5.69 Å². The Balaban J connectivity index is 1.92. The third-order valence-electron chi connectivity index (χ3n) is 4.37. The third kappa shape index (κ3) is 7.09. The van der Waals surface area contributed by atoms with E-state index >= 15 is 0 Å². The molecular weight excluding hydrogens is 436 g/mol. The molecule has 172 valence electrons. The van der Waals surface area contributed by atoms with Crippen LogP contribution in [0.15, 0.2) is 59.5 Å². The SMILES string of the molecule is CCOC(=O)CCCNC(=O)COC(=O)c1cccc(S(=O)(=O)N(C)c2ccccc2)c1. The van der Waals surface area contributed by atoms with E-state index < -0.39 is 28.5 Å². The lowest BCUT2D eigenvalue weighted by molar-refractivity contribution is -0.143. The second-order valence-electron chi connectivity index (χ2n) is 6.67. The Morgan fingerprint density at radius 2 is 1.72 bits per heavy atom. The molecule has 2 rings (SSSR count). The van der Waals surface area contributed by atoms with Crippen LogP contribution >= 0.6 is 0 Å². The fourth-order valence-corrected chi connectivity index (χ4v) is 3.92. The van der Waals surface area contributed by atoms with Crippen molar-refractivity contribution in [1.29, 1.82) is 0 Å². The first-order valence-electron chi connectivity index (χ1n) is 9.99. The Morgan fingerprint density at radius 1 is 1.00 bits per heavy atom. The Hall–Kier alpha value is -3.40. The average Bonchev–Trinajstić information content (AvgIpc) is 2.80. The van der Waals surface area contributed by atoms with E-state index in [0.717, 1.165) is 4.31 Å². The van der Waals surface area contributed by atoms with Gasteiger partial charge in [0.25, 0.3) is 15.9 Å². The minimum absolute atomic E-state index is 0.00245. The van der Waals surface area contributed by atoms with E-state index in [-0.39, 0.29) is 29.4 Å². The molecule has 32 heavy (non-hydrogen) atoms. The average molecular weight is 463 g/mol. The Labute approximate surface area is 187 Å². The zero-order valence-electron chi connectivity index (χ0n) is 17.9. The summed E-state index contributed by atoms with van der Waals surface area (Å²) in [6, 6.07) is 13.9. The number of para-hydroxylation sites is 1. The zero-order valence-corrected chi connectivity index (χ0v) is 18.8. The van der Waals surface area contributed by atoms with Gasteiger partial charge in [0, 0.05) is 20.0 Å². The van der Waals surface area contributed by atoms with E-state index in [9.17, 15) is 22.8 Å². The van der Waals surface area contributed by atoms with E-state index in [1.807, 2.05) is 0 Å². The summed E-state index contributed by atoms with van der Waals surface area (Å²) in [5.41, 5.74) is 0.475. The van der Waals surface area contributed by atoms with Crippen LogP contribution in [0.5, 0.6) is 0 Å². The van der Waals surface area contributed by atoms with Gasteiger partial charge in [-0.25, -0.2) is 13.2 Å². The molecule has 0 aliphatic rings. The summed E-state index contributed by atoms with van der Waals surface area (Å²) in [5.74, 6) is -1.71. The van der Waals surface area contributed by atoms with Crippen molar-refractivity contribution in [3.05, 3.63) is 60.2 Å². The van der Waals surface area contributed by atoms with Gasteiger partial charge in [0.15, 0.2) is 6.61 Å². The van der Waals surface area contributed by atoms with Crippen molar-refractivity contribution >= 4 is 33.6 Å². The molecule has 0 aliphatic carbocycles. The lowest BCUT2D eigenvalue weighted by atomic mass is 10.2. The molecule has 0 heterocycles. The van der Waals surface area contributed by atoms with Crippen molar-refractivity contribution < 1.29 is 32.3 Å². The Morgan fingerprint density at radius 3 is 2.41 bits per heavy atom. The second kappa shape index (κ2) is 11.8. The van der Waals surface area contributed by atoms with Crippen LogP contribution in [0.3, 0.4) is 0 Å². The third-order valence-corrected chi connectivity index (χ3v) is 6.15. The number of nitrogens with zero attached hydrogens (tertiary/aromatic N) is 1. The molecule has 0 aliphatic heterocycles. The fourth-order valence-electron chi connectivity index (χ4n) is 2.68. The lowest BCUT2D eigenvalue weighted by Gasteiger charge is -2.19. The van der Waals surface area contributed by atoms with Crippen molar-refractivity contribution in [2.24, 2.45) is 0 Å². The standard InChI is InChI=1S/C22H26N2O7S/c1-3-30-21(26)13-8-14-23-20(25)16-31-22(27)17-9-7-12-19(15-17)32(28,29)24(2)18-10-5-4-6-11-18/h4-7,9-12,15H,3,8,13-14,16H2,1-2H3,(H,23,25). The molecule has 0 spiro atoms. The highest BCUT2D eigenvalue weighted by Gasteiger charge is 2.22. The summed E-state index contributed by atoms with van der Waals surface area (Å²) in [5, 5.41) is 2.53. The molecule has 0 bridgehead atoms. The molecule has 0 fully saturated rings. The Kier molecular flexibility index (Phi) is 9.21. The monoisotopic (exact) mass is 462 g/mol. The van der Waals surface area contributed by atoms with Crippen molar-refractivity contribution in [1.82, 2.24) is 5.32 Å². The highest BCUT2D eigenvalue weighted by Crippen LogP contribution is 2.22. The smallest absolute Gasteiger partial charge is 0.338 e. The highest BCUT2D eigenvalue weighted by atomic mass is 32.2. The van der Waals surface area contributed by atoms with Crippen LogP contribution in [0.25, 0.3) is 0 Å². The van der Waals surface area contributed by atoms with Crippen LogP contribution in [0.2, 0.25) is 0 Å². The summed E-state index contributed by atoms with van der Waals surface area (Å²) in [6.07, 6.45) is 0.569. The van der Waals surface area contributed by atoms with Crippen LogP contribution in [0.1, 0.15) is 30.1 Å². The molecule has 0 unspecified atom stereocenters. The minimum Gasteiger partial charge on any atom is -0.466 e. The summed E-state index contributed by atoms with van der Waals surface area (Å²) in [4.78, 5) is 35.3. The summed E-state index contributed by atoms with van der Waals surface area (Å²) >= 11 is 0. The number of hydrogen-bond acceptors (Lipinski definition) is 7. The number of carbonyl (C=O) groups excluding carboxylic acids is 3. The summed E-state index contributed by atoms with van der Waals surface area (Å²) in [7, 11) is -2.48. The minimum atomic E-state index is -3.90. The maximum atomic E-state index is 12.9. The maximum Gasteiger partial charge on any atom is 0.338 e. The number of amides is 1. The second-order valence-corrected chi connectivity index (χ2v) is 8.64. The molecule has 1 amide bonds. The summed E-state index contributed by atoms with van der Waals surface area (Å²) < 4.78 is 36.6. The molecule has 2 aromatic carbocycles. The number of anilines is 1. The lowest BCUT2D eigenvalue weighted by Crippen LogP contribution is -2.30. The van der Waals surface area contributed by atoms with Gasteiger partial charge in [0.05, 0.1) is 22.8 Å². The normalized spacial score (nSPS) is 10.8. The van der Waals surface area contributed by atoms with Gasteiger partial charge in [-0.2, -0.15) is 0 Å². The molecular formula is C22H26N2O7S. The zero-order chi connectivity index (χ0) is 23.6. The number of esters is 2. The van der Waals surface area contributed by atoms with Gasteiger partial charge >= 0.3 is 11.9 Å². The van der Waals surface area contributed by atoms with Gasteiger partial charge in [-0.1, -0.05) is 24.3 Å². The molecule has 1 N–H and O–H groups in total. The predicted molar refractivity (Wildman–Crippen MR) is 118 cm³/mol. The van der Waals surface area contributed by atoms with Gasteiger partial charge in [-0.05, 0) is 43.7 Å². The predicted octanol–water partition coefficient (Wildman–Crippen LogP) is 2.13. The van der Waals surface area contributed by atoms with Crippen molar-refractivity contribution in [3.8, 4) is 0 Å². The van der Waals surface area contributed by atoms with Crippen LogP contribution in [-0.4, -0.2) is 53.1 Å². The maximum absolute atomic E-state index is 12.9. The molecule has 9 nitrogen and oxygen atoms in total. The summed E-state index contributed by atoms with van der Waals surface area (Å²) in [6.45, 7) is 1.71. The van der Waals surface area contributed by atoms with E-state index in [0.29, 0.717) is 18.7 Å². The van der Waals surface area contributed by atoms with Crippen LogP contribution in [0, 0.1) is 0 Å². The van der Waals surface area contributed by atoms with Gasteiger partial charge in [-0.15, -0.1) is 0 Å². The number of sulfonamides is 1. The molecule has 0 saturated heterocycles. The first kappa shape index (κ1) is 24.9. The number of benzene rings is 2. The fraction of sp³-hybridized carbons (Fsp3) is 0.318. The van der Waals surface area contributed by atoms with Gasteiger partial charge in [0.1, 0.15) is 0 Å². The number of rotatable bonds is 11. The number of hydrogen-bond donors (Lipinski definition) is 1. The van der Waals surface area contributed by atoms with E-state index in [2.05, 4.69) is 5.32 Å². The first-order chi connectivity index (χ1) is 15.3. The highest BCUT2D eigenvalue weighted by molar-refractivity contribution is 7.92. The molecule has 0 saturated carbocycles. The van der Waals surface area contributed by atoms with Gasteiger partial charge < -0.3 is 14.8 Å². The first-order valence-corrected chi connectivity index (χ1v) is 11.4. The molecule has 0 aromatic heterocycles. The van der Waals surface area contributed by atoms with Gasteiger partial charge in [0.2, 0.25) is 0 Å².